The average molecular weight is 330 g/mol. The third kappa shape index (κ3) is 3.21. The summed E-state index contributed by atoms with van der Waals surface area (Å²) in [6.07, 6.45) is 2.64. The molecule has 1 N–H and O–H groups in total. The highest BCUT2D eigenvalue weighted by molar-refractivity contribution is 5.90. The predicted molar refractivity (Wildman–Crippen MR) is 98.4 cm³/mol. The van der Waals surface area contributed by atoms with Crippen LogP contribution < -0.4 is 5.32 Å². The number of hydrogen-bond donors (Lipinski definition) is 1. The Hall–Kier alpha value is -3.21. The largest absolute Gasteiger partial charge is 0.381 e. The molecular formula is C20H18N4O. The van der Waals surface area contributed by atoms with Gasteiger partial charge < -0.3 is 9.84 Å². The summed E-state index contributed by atoms with van der Waals surface area (Å²) in [7, 11) is 0. The van der Waals surface area contributed by atoms with Crippen LogP contribution in [0.15, 0.2) is 65.3 Å². The van der Waals surface area contributed by atoms with Crippen LogP contribution in [0.5, 0.6) is 0 Å². The molecule has 0 saturated carbocycles. The van der Waals surface area contributed by atoms with Crippen molar-refractivity contribution in [1.29, 1.82) is 0 Å². The average Bonchev–Trinajstić information content (AvgIpc) is 3.04. The normalized spacial score (nSPS) is 10.9. The quantitative estimate of drug-likeness (QED) is 0.593. The minimum atomic E-state index is 0.693. The Morgan fingerprint density at radius 3 is 2.68 bits per heavy atom. The van der Waals surface area contributed by atoms with E-state index in [0.29, 0.717) is 5.58 Å². The molecule has 0 amide bonds. The first-order valence-corrected chi connectivity index (χ1v) is 8.27. The molecule has 0 unspecified atom stereocenters. The van der Waals surface area contributed by atoms with E-state index in [1.54, 1.807) is 0 Å². The fourth-order valence-electron chi connectivity index (χ4n) is 2.79. The molecule has 0 aliphatic rings. The Morgan fingerprint density at radius 2 is 1.88 bits per heavy atom. The van der Waals surface area contributed by atoms with Gasteiger partial charge in [0.25, 0.3) is 0 Å². The fourth-order valence-corrected chi connectivity index (χ4v) is 2.79. The summed E-state index contributed by atoms with van der Waals surface area (Å²) in [6, 6.07) is 18.1. The Kier molecular flexibility index (Phi) is 4.12. The third-order valence-corrected chi connectivity index (χ3v) is 4.08. The van der Waals surface area contributed by atoms with Crippen LogP contribution in [-0.2, 0) is 6.42 Å². The van der Waals surface area contributed by atoms with E-state index in [9.17, 15) is 0 Å². The second-order valence-corrected chi connectivity index (χ2v) is 5.86. The van der Waals surface area contributed by atoms with Crippen LogP contribution in [-0.4, -0.2) is 21.7 Å². The van der Waals surface area contributed by atoms with Crippen molar-refractivity contribution in [3.05, 3.63) is 72.2 Å². The number of aryl methyl sites for hydroxylation is 1. The number of rotatable bonds is 5. The van der Waals surface area contributed by atoms with E-state index in [4.69, 9.17) is 9.51 Å². The summed E-state index contributed by atoms with van der Waals surface area (Å²) in [5.74, 6) is 0. The Morgan fingerprint density at radius 1 is 1.04 bits per heavy atom. The number of fused-ring (bicyclic) bond motifs is 1. The van der Waals surface area contributed by atoms with E-state index in [2.05, 4.69) is 27.6 Å². The van der Waals surface area contributed by atoms with Gasteiger partial charge in [-0.15, -0.1) is 0 Å². The molecule has 0 aliphatic heterocycles. The fraction of sp³-hybridized carbons (Fsp3) is 0.150. The first kappa shape index (κ1) is 15.3. The summed E-state index contributed by atoms with van der Waals surface area (Å²) < 4.78 is 5.48. The SMILES string of the molecule is Cc1noc2c(NCCc3ccccn3)cc(-c3ccccc3)nc12. The molecule has 25 heavy (non-hydrogen) atoms. The van der Waals surface area contributed by atoms with Gasteiger partial charge in [-0.3, -0.25) is 4.98 Å². The zero-order chi connectivity index (χ0) is 17.1. The molecule has 0 spiro atoms. The van der Waals surface area contributed by atoms with Gasteiger partial charge in [0.15, 0.2) is 0 Å². The van der Waals surface area contributed by atoms with Gasteiger partial charge in [-0.2, -0.15) is 0 Å². The summed E-state index contributed by atoms with van der Waals surface area (Å²) >= 11 is 0. The maximum atomic E-state index is 5.48. The minimum Gasteiger partial charge on any atom is -0.381 e. The number of benzene rings is 1. The monoisotopic (exact) mass is 330 g/mol. The topological polar surface area (TPSA) is 63.8 Å². The highest BCUT2D eigenvalue weighted by Crippen LogP contribution is 2.29. The number of nitrogens with one attached hydrogen (secondary N) is 1. The van der Waals surface area contributed by atoms with E-state index in [-0.39, 0.29) is 0 Å². The lowest BCUT2D eigenvalue weighted by molar-refractivity contribution is 0.451. The summed E-state index contributed by atoms with van der Waals surface area (Å²) in [5.41, 5.74) is 6.20. The molecule has 124 valence electrons. The van der Waals surface area contributed by atoms with Crippen molar-refractivity contribution in [1.82, 2.24) is 15.1 Å². The first-order valence-electron chi connectivity index (χ1n) is 8.27. The van der Waals surface area contributed by atoms with Gasteiger partial charge in [-0.25, -0.2) is 4.98 Å². The molecule has 4 aromatic rings. The van der Waals surface area contributed by atoms with Crippen molar-refractivity contribution in [2.45, 2.75) is 13.3 Å². The van der Waals surface area contributed by atoms with Gasteiger partial charge in [0, 0.05) is 30.4 Å². The third-order valence-electron chi connectivity index (χ3n) is 4.08. The van der Waals surface area contributed by atoms with Crippen molar-refractivity contribution >= 4 is 16.8 Å². The van der Waals surface area contributed by atoms with Gasteiger partial charge in [0.2, 0.25) is 5.58 Å². The lowest BCUT2D eigenvalue weighted by atomic mass is 10.1. The van der Waals surface area contributed by atoms with Crippen LogP contribution in [0.1, 0.15) is 11.4 Å². The zero-order valence-corrected chi connectivity index (χ0v) is 13.9. The van der Waals surface area contributed by atoms with Gasteiger partial charge in [-0.05, 0) is 25.1 Å². The van der Waals surface area contributed by atoms with Gasteiger partial charge >= 0.3 is 0 Å². The van der Waals surface area contributed by atoms with Crippen molar-refractivity contribution in [2.75, 3.05) is 11.9 Å². The molecule has 5 nitrogen and oxygen atoms in total. The number of pyridine rings is 2. The van der Waals surface area contributed by atoms with E-state index in [0.717, 1.165) is 46.8 Å². The van der Waals surface area contributed by atoms with Crippen LogP contribution >= 0.6 is 0 Å². The molecule has 1 aromatic carbocycles. The van der Waals surface area contributed by atoms with E-state index < -0.39 is 0 Å². The summed E-state index contributed by atoms with van der Waals surface area (Å²) in [6.45, 7) is 2.66. The van der Waals surface area contributed by atoms with Crippen LogP contribution in [0.2, 0.25) is 0 Å². The lowest BCUT2D eigenvalue weighted by Crippen LogP contribution is -2.06. The standard InChI is InChI=1S/C20H18N4O/c1-14-19-20(25-24-14)18(22-12-10-16-9-5-6-11-21-16)13-17(23-19)15-7-3-2-4-8-15/h2-9,11,13H,10,12H2,1H3,(H,22,23). The molecule has 0 saturated heterocycles. The van der Waals surface area contributed by atoms with E-state index >= 15 is 0 Å². The maximum Gasteiger partial charge on any atom is 0.208 e. The van der Waals surface area contributed by atoms with E-state index in [1.165, 1.54) is 0 Å². The Labute approximate surface area is 145 Å². The lowest BCUT2D eigenvalue weighted by Gasteiger charge is -2.09. The molecule has 3 heterocycles. The molecule has 3 aromatic heterocycles. The first-order chi connectivity index (χ1) is 12.3. The maximum absolute atomic E-state index is 5.48. The van der Waals surface area contributed by atoms with Crippen molar-refractivity contribution in [3.8, 4) is 11.3 Å². The smallest absolute Gasteiger partial charge is 0.208 e. The summed E-state index contributed by atoms with van der Waals surface area (Å²) in [4.78, 5) is 9.08. The number of hydrogen-bond acceptors (Lipinski definition) is 5. The highest BCUT2D eigenvalue weighted by atomic mass is 16.5. The molecule has 0 atom stereocenters. The molecular weight excluding hydrogens is 312 g/mol. The molecule has 5 heteroatoms. The summed E-state index contributed by atoms with van der Waals surface area (Å²) in [5, 5.41) is 7.51. The van der Waals surface area contributed by atoms with Crippen molar-refractivity contribution in [3.63, 3.8) is 0 Å². The second-order valence-electron chi connectivity index (χ2n) is 5.86. The van der Waals surface area contributed by atoms with Gasteiger partial charge in [0.05, 0.1) is 11.4 Å². The van der Waals surface area contributed by atoms with Crippen molar-refractivity contribution < 1.29 is 4.52 Å². The minimum absolute atomic E-state index is 0.693. The number of anilines is 1. The van der Waals surface area contributed by atoms with Crippen LogP contribution in [0.4, 0.5) is 5.69 Å². The van der Waals surface area contributed by atoms with E-state index in [1.807, 2.05) is 55.6 Å². The predicted octanol–water partition coefficient (Wildman–Crippen LogP) is 4.25. The van der Waals surface area contributed by atoms with Gasteiger partial charge in [0.1, 0.15) is 11.2 Å². The van der Waals surface area contributed by atoms with Crippen LogP contribution in [0, 0.1) is 6.92 Å². The number of aromatic nitrogens is 3. The molecule has 0 fully saturated rings. The molecule has 0 bridgehead atoms. The van der Waals surface area contributed by atoms with Crippen molar-refractivity contribution in [2.24, 2.45) is 0 Å². The van der Waals surface area contributed by atoms with Crippen LogP contribution in [0.25, 0.3) is 22.4 Å². The van der Waals surface area contributed by atoms with Crippen LogP contribution in [0.3, 0.4) is 0 Å². The Balaban J connectivity index is 1.65. The van der Waals surface area contributed by atoms with Gasteiger partial charge in [-0.1, -0.05) is 41.6 Å². The number of nitrogens with zero attached hydrogens (tertiary/aromatic N) is 3. The molecule has 0 radical (unpaired) electrons. The molecule has 4 rings (SSSR count). The highest BCUT2D eigenvalue weighted by Gasteiger charge is 2.14. The zero-order valence-electron chi connectivity index (χ0n) is 13.9. The second kappa shape index (κ2) is 6.73. The molecule has 0 aliphatic carbocycles. The Bertz CT molecular complexity index is 981.